The molecule has 8 heteroatoms. The molecule has 0 bridgehead atoms. The molecular formula is C12H11ClFN3O2S. The standard InChI is InChI=1S/C12H11ClFN3O2S/c1-7-10(14)4-8(15)5-12(7)20(18,19)17-11-6-16-3-2-9(11)13/h2-6,17H,15H2,1H3. The lowest BCUT2D eigenvalue weighted by atomic mass is 10.2. The van der Waals surface area contributed by atoms with Crippen LogP contribution >= 0.6 is 11.6 Å². The molecule has 5 nitrogen and oxygen atoms in total. The first-order valence-corrected chi connectivity index (χ1v) is 7.35. The van der Waals surface area contributed by atoms with E-state index in [0.717, 1.165) is 6.07 Å². The van der Waals surface area contributed by atoms with Crippen molar-refractivity contribution in [2.45, 2.75) is 11.8 Å². The monoisotopic (exact) mass is 315 g/mol. The van der Waals surface area contributed by atoms with Crippen molar-refractivity contribution >= 4 is 33.0 Å². The molecule has 0 radical (unpaired) electrons. The predicted molar refractivity (Wildman–Crippen MR) is 75.6 cm³/mol. The molecule has 0 saturated heterocycles. The largest absolute Gasteiger partial charge is 0.399 e. The fraction of sp³-hybridized carbons (Fsp3) is 0.0833. The van der Waals surface area contributed by atoms with Crippen molar-refractivity contribution in [1.29, 1.82) is 0 Å². The van der Waals surface area contributed by atoms with Gasteiger partial charge in [-0.2, -0.15) is 0 Å². The molecule has 0 unspecified atom stereocenters. The maximum Gasteiger partial charge on any atom is 0.262 e. The van der Waals surface area contributed by atoms with E-state index >= 15 is 0 Å². The van der Waals surface area contributed by atoms with Crippen LogP contribution in [0.2, 0.25) is 5.02 Å². The summed E-state index contributed by atoms with van der Waals surface area (Å²) in [5.41, 5.74) is 5.58. The van der Waals surface area contributed by atoms with Crippen molar-refractivity contribution in [3.63, 3.8) is 0 Å². The number of nitrogens with zero attached hydrogens (tertiary/aromatic N) is 1. The Hall–Kier alpha value is -1.86. The number of benzene rings is 1. The third-order valence-corrected chi connectivity index (χ3v) is 4.44. The Morgan fingerprint density at radius 3 is 2.75 bits per heavy atom. The molecule has 3 N–H and O–H groups in total. The van der Waals surface area contributed by atoms with Crippen LogP contribution in [0.25, 0.3) is 0 Å². The maximum absolute atomic E-state index is 13.6. The first-order chi connectivity index (χ1) is 9.31. The van der Waals surface area contributed by atoms with Gasteiger partial charge in [0.2, 0.25) is 0 Å². The highest BCUT2D eigenvalue weighted by Gasteiger charge is 2.21. The molecule has 0 saturated carbocycles. The molecule has 0 spiro atoms. The Labute approximate surface area is 120 Å². The zero-order valence-corrected chi connectivity index (χ0v) is 12.0. The summed E-state index contributed by atoms with van der Waals surface area (Å²) in [7, 11) is -4.01. The van der Waals surface area contributed by atoms with Crippen molar-refractivity contribution in [2.75, 3.05) is 10.5 Å². The number of nitrogens with two attached hydrogens (primary N) is 1. The molecule has 0 atom stereocenters. The Kier molecular flexibility index (Phi) is 3.82. The third kappa shape index (κ3) is 2.83. The van der Waals surface area contributed by atoms with Gasteiger partial charge in [-0.15, -0.1) is 0 Å². The normalized spacial score (nSPS) is 11.3. The zero-order chi connectivity index (χ0) is 14.9. The first kappa shape index (κ1) is 14.5. The lowest BCUT2D eigenvalue weighted by Gasteiger charge is -2.12. The summed E-state index contributed by atoms with van der Waals surface area (Å²) in [6.45, 7) is 1.36. The molecule has 1 aromatic heterocycles. The number of hydrogen-bond donors (Lipinski definition) is 2. The lowest BCUT2D eigenvalue weighted by Crippen LogP contribution is -2.15. The molecular weight excluding hydrogens is 305 g/mol. The van der Waals surface area contributed by atoms with Crippen LogP contribution in [0.4, 0.5) is 15.8 Å². The Morgan fingerprint density at radius 2 is 2.10 bits per heavy atom. The minimum Gasteiger partial charge on any atom is -0.399 e. The third-order valence-electron chi connectivity index (χ3n) is 2.62. The minimum atomic E-state index is -4.01. The van der Waals surface area contributed by atoms with Gasteiger partial charge in [-0.1, -0.05) is 11.6 Å². The Balaban J connectivity index is 2.49. The summed E-state index contributed by atoms with van der Waals surface area (Å²) >= 11 is 5.85. The van der Waals surface area contributed by atoms with Crippen LogP contribution in [-0.2, 0) is 10.0 Å². The quantitative estimate of drug-likeness (QED) is 0.852. The van der Waals surface area contributed by atoms with Crippen molar-refractivity contribution in [3.8, 4) is 0 Å². The van der Waals surface area contributed by atoms with Gasteiger partial charge in [-0.3, -0.25) is 9.71 Å². The van der Waals surface area contributed by atoms with Gasteiger partial charge < -0.3 is 5.73 Å². The molecule has 20 heavy (non-hydrogen) atoms. The van der Waals surface area contributed by atoms with Gasteiger partial charge in [0.25, 0.3) is 10.0 Å². The van der Waals surface area contributed by atoms with E-state index in [9.17, 15) is 12.8 Å². The molecule has 2 aromatic rings. The summed E-state index contributed by atoms with van der Waals surface area (Å²) in [6, 6.07) is 3.68. The molecule has 0 aliphatic rings. The second-order valence-corrected chi connectivity index (χ2v) is 6.14. The van der Waals surface area contributed by atoms with Gasteiger partial charge in [-0.25, -0.2) is 12.8 Å². The molecule has 106 valence electrons. The number of pyridine rings is 1. The number of rotatable bonds is 3. The van der Waals surface area contributed by atoms with Crippen molar-refractivity contribution < 1.29 is 12.8 Å². The van der Waals surface area contributed by atoms with E-state index in [1.807, 2.05) is 0 Å². The fourth-order valence-corrected chi connectivity index (χ4v) is 3.17. The summed E-state index contributed by atoms with van der Waals surface area (Å²) in [5.74, 6) is -0.692. The molecule has 0 aliphatic heterocycles. The van der Waals surface area contributed by atoms with Gasteiger partial charge in [-0.05, 0) is 25.1 Å². The van der Waals surface area contributed by atoms with E-state index in [2.05, 4.69) is 9.71 Å². The second-order valence-electron chi connectivity index (χ2n) is 4.09. The number of aromatic nitrogens is 1. The van der Waals surface area contributed by atoms with Crippen LogP contribution in [0.3, 0.4) is 0 Å². The Morgan fingerprint density at radius 1 is 1.40 bits per heavy atom. The van der Waals surface area contributed by atoms with Gasteiger partial charge in [0, 0.05) is 17.4 Å². The average Bonchev–Trinajstić information content (AvgIpc) is 2.36. The molecule has 1 heterocycles. The summed E-state index contributed by atoms with van der Waals surface area (Å²) in [4.78, 5) is 3.53. The van der Waals surface area contributed by atoms with Crippen LogP contribution < -0.4 is 10.5 Å². The van der Waals surface area contributed by atoms with Gasteiger partial charge in [0.1, 0.15) is 5.82 Å². The molecule has 0 aliphatic carbocycles. The topological polar surface area (TPSA) is 85.1 Å². The van der Waals surface area contributed by atoms with Crippen LogP contribution in [0.1, 0.15) is 5.56 Å². The number of anilines is 2. The van der Waals surface area contributed by atoms with Crippen LogP contribution in [0.15, 0.2) is 35.5 Å². The predicted octanol–water partition coefficient (Wildman–Crippen LogP) is 2.57. The van der Waals surface area contributed by atoms with E-state index in [1.165, 1.54) is 31.5 Å². The van der Waals surface area contributed by atoms with Gasteiger partial charge in [0.05, 0.1) is 21.8 Å². The highest BCUT2D eigenvalue weighted by atomic mass is 35.5. The smallest absolute Gasteiger partial charge is 0.262 e. The minimum absolute atomic E-state index is 0.0192. The highest BCUT2D eigenvalue weighted by molar-refractivity contribution is 7.92. The van der Waals surface area contributed by atoms with E-state index < -0.39 is 15.8 Å². The fourth-order valence-electron chi connectivity index (χ4n) is 1.61. The number of halogens is 2. The van der Waals surface area contributed by atoms with E-state index in [-0.39, 0.29) is 26.9 Å². The Bertz CT molecular complexity index is 765. The van der Waals surface area contributed by atoms with Crippen LogP contribution in [0, 0.1) is 12.7 Å². The number of sulfonamides is 1. The van der Waals surface area contributed by atoms with Gasteiger partial charge >= 0.3 is 0 Å². The summed E-state index contributed by atoms with van der Waals surface area (Å²) in [6.07, 6.45) is 2.68. The highest BCUT2D eigenvalue weighted by Crippen LogP contribution is 2.26. The van der Waals surface area contributed by atoms with Crippen LogP contribution in [0.5, 0.6) is 0 Å². The number of hydrogen-bond acceptors (Lipinski definition) is 4. The zero-order valence-electron chi connectivity index (χ0n) is 10.4. The molecule has 1 aromatic carbocycles. The van der Waals surface area contributed by atoms with Crippen LogP contribution in [-0.4, -0.2) is 13.4 Å². The average molecular weight is 316 g/mol. The first-order valence-electron chi connectivity index (χ1n) is 5.49. The SMILES string of the molecule is Cc1c(F)cc(N)cc1S(=O)(=O)Nc1cnccc1Cl. The van der Waals surface area contributed by atoms with Gasteiger partial charge in [0.15, 0.2) is 0 Å². The van der Waals surface area contributed by atoms with Crippen molar-refractivity contribution in [1.82, 2.24) is 4.98 Å². The van der Waals surface area contributed by atoms with Crippen molar-refractivity contribution in [3.05, 3.63) is 47.0 Å². The van der Waals surface area contributed by atoms with E-state index in [0.29, 0.717) is 0 Å². The molecule has 0 amide bonds. The summed E-state index contributed by atoms with van der Waals surface area (Å²) < 4.78 is 40.4. The molecule has 0 fully saturated rings. The second kappa shape index (κ2) is 5.26. The lowest BCUT2D eigenvalue weighted by molar-refractivity contribution is 0.591. The number of nitrogen functional groups attached to an aromatic ring is 1. The number of nitrogens with one attached hydrogen (secondary N) is 1. The molecule has 2 rings (SSSR count). The summed E-state index contributed by atoms with van der Waals surface area (Å²) in [5, 5.41) is 0.186. The van der Waals surface area contributed by atoms with E-state index in [4.69, 9.17) is 17.3 Å². The van der Waals surface area contributed by atoms with Crippen molar-refractivity contribution in [2.24, 2.45) is 0 Å². The maximum atomic E-state index is 13.6. The van der Waals surface area contributed by atoms with E-state index in [1.54, 1.807) is 0 Å².